The molecule has 0 amide bonds. The molecule has 6 nitrogen and oxygen atoms in total. The van der Waals surface area contributed by atoms with Crippen molar-refractivity contribution < 1.29 is 27.7 Å². The molecule has 9 heteroatoms. The van der Waals surface area contributed by atoms with Gasteiger partial charge in [0.25, 0.3) is 0 Å². The molecule has 0 spiro atoms. The SMILES string of the molecule is CCCCCCC(C)OB1OB(OC(C)CCCCCC)OB(OC(C)CCCCCC)O1. The summed E-state index contributed by atoms with van der Waals surface area (Å²) in [5.41, 5.74) is 0. The molecule has 0 radical (unpaired) electrons. The van der Waals surface area contributed by atoms with Gasteiger partial charge in [0.05, 0.1) is 0 Å². The third-order valence-electron chi connectivity index (χ3n) is 6.09. The minimum atomic E-state index is -0.852. The third-order valence-corrected chi connectivity index (χ3v) is 6.09. The Morgan fingerprint density at radius 2 is 0.727 bits per heavy atom. The standard InChI is InChI=1S/C24H51B3O6/c1-7-10-13-16-19-22(4)28-25-31-26(29-23(5)20-17-14-11-8-2)33-27(32-25)30-24(6)21-18-15-12-9-3/h22-24H,7-21H2,1-6H3. The molecule has 1 heterocycles. The zero-order valence-electron chi connectivity index (χ0n) is 22.5. The molecule has 1 rings (SSSR count). The second kappa shape index (κ2) is 20.2. The van der Waals surface area contributed by atoms with Crippen molar-refractivity contribution in [2.24, 2.45) is 0 Å². The molecular weight excluding hydrogens is 417 g/mol. The molecule has 1 aliphatic rings. The van der Waals surface area contributed by atoms with Crippen LogP contribution in [0.3, 0.4) is 0 Å². The van der Waals surface area contributed by atoms with E-state index in [0.29, 0.717) is 0 Å². The molecule has 0 aliphatic carbocycles. The molecule has 3 unspecified atom stereocenters. The summed E-state index contributed by atoms with van der Waals surface area (Å²) >= 11 is 0. The van der Waals surface area contributed by atoms with E-state index in [2.05, 4.69) is 41.5 Å². The van der Waals surface area contributed by atoms with Crippen LogP contribution >= 0.6 is 0 Å². The van der Waals surface area contributed by atoms with Crippen LogP contribution in [0.2, 0.25) is 0 Å². The fourth-order valence-electron chi connectivity index (χ4n) is 3.91. The first kappa shape index (κ1) is 31.0. The highest BCUT2D eigenvalue weighted by molar-refractivity contribution is 6.67. The van der Waals surface area contributed by atoms with Crippen molar-refractivity contribution in [2.45, 2.75) is 156 Å². The zero-order chi connectivity index (χ0) is 24.3. The predicted octanol–water partition coefficient (Wildman–Crippen LogP) is 7.13. The minimum Gasteiger partial charge on any atom is -0.400 e. The maximum absolute atomic E-state index is 6.04. The summed E-state index contributed by atoms with van der Waals surface area (Å²) in [4.78, 5) is 0. The van der Waals surface area contributed by atoms with Crippen LogP contribution < -0.4 is 0 Å². The molecule has 1 saturated heterocycles. The Morgan fingerprint density at radius 3 is 0.970 bits per heavy atom. The second-order valence-corrected chi connectivity index (χ2v) is 9.66. The van der Waals surface area contributed by atoms with Crippen molar-refractivity contribution in [3.05, 3.63) is 0 Å². The zero-order valence-corrected chi connectivity index (χ0v) is 22.5. The van der Waals surface area contributed by atoms with Crippen molar-refractivity contribution in [1.29, 1.82) is 0 Å². The Bertz CT molecular complexity index is 381. The first-order valence-electron chi connectivity index (χ1n) is 13.9. The van der Waals surface area contributed by atoms with Gasteiger partial charge in [0.2, 0.25) is 0 Å². The van der Waals surface area contributed by atoms with Crippen LogP contribution in [0.15, 0.2) is 0 Å². The van der Waals surface area contributed by atoms with Crippen LogP contribution in [0, 0.1) is 0 Å². The lowest BCUT2D eigenvalue weighted by Crippen LogP contribution is -2.54. The normalized spacial score (nSPS) is 17.5. The number of hydrogen-bond acceptors (Lipinski definition) is 6. The number of unbranched alkanes of at least 4 members (excludes halogenated alkanes) is 9. The molecule has 0 N–H and O–H groups in total. The van der Waals surface area contributed by atoms with E-state index in [4.69, 9.17) is 27.7 Å². The molecule has 0 aromatic carbocycles. The predicted molar refractivity (Wildman–Crippen MR) is 138 cm³/mol. The van der Waals surface area contributed by atoms with Gasteiger partial charge in [-0.2, -0.15) is 0 Å². The monoisotopic (exact) mass is 468 g/mol. The van der Waals surface area contributed by atoms with Gasteiger partial charge in [0, 0.05) is 18.3 Å². The van der Waals surface area contributed by atoms with Gasteiger partial charge >= 0.3 is 22.0 Å². The average molecular weight is 468 g/mol. The van der Waals surface area contributed by atoms with Crippen LogP contribution in [0.5, 0.6) is 0 Å². The van der Waals surface area contributed by atoms with Gasteiger partial charge in [0.15, 0.2) is 0 Å². The fraction of sp³-hybridized carbons (Fsp3) is 1.00. The number of hydrogen-bond donors (Lipinski definition) is 0. The van der Waals surface area contributed by atoms with E-state index >= 15 is 0 Å². The molecular formula is C24H51B3O6. The lowest BCUT2D eigenvalue weighted by Gasteiger charge is -2.32. The van der Waals surface area contributed by atoms with Gasteiger partial charge in [-0.3, -0.25) is 0 Å². The van der Waals surface area contributed by atoms with E-state index < -0.39 is 22.0 Å². The van der Waals surface area contributed by atoms with Crippen LogP contribution in [-0.4, -0.2) is 40.3 Å². The second-order valence-electron chi connectivity index (χ2n) is 9.66. The largest absolute Gasteiger partial charge is 0.615 e. The van der Waals surface area contributed by atoms with Gasteiger partial charge in [-0.15, -0.1) is 0 Å². The quantitative estimate of drug-likeness (QED) is 0.132. The molecule has 0 aromatic rings. The highest BCUT2D eigenvalue weighted by Gasteiger charge is 2.48. The summed E-state index contributed by atoms with van der Waals surface area (Å²) in [7, 11) is -2.56. The molecule has 3 atom stereocenters. The summed E-state index contributed by atoms with van der Waals surface area (Å²) in [5, 5.41) is 0. The fourth-order valence-corrected chi connectivity index (χ4v) is 3.91. The van der Waals surface area contributed by atoms with Crippen LogP contribution in [0.4, 0.5) is 0 Å². The van der Waals surface area contributed by atoms with Crippen molar-refractivity contribution in [3.63, 3.8) is 0 Å². The Kier molecular flexibility index (Phi) is 18.9. The van der Waals surface area contributed by atoms with Gasteiger partial charge in [-0.1, -0.05) is 97.8 Å². The highest BCUT2D eigenvalue weighted by atomic mass is 16.9. The van der Waals surface area contributed by atoms with Crippen LogP contribution in [-0.2, 0) is 27.7 Å². The Hall–Kier alpha value is -0.0452. The molecule has 1 fully saturated rings. The van der Waals surface area contributed by atoms with E-state index in [9.17, 15) is 0 Å². The van der Waals surface area contributed by atoms with Gasteiger partial charge in [0.1, 0.15) is 0 Å². The summed E-state index contributed by atoms with van der Waals surface area (Å²) in [5.74, 6) is 0. The summed E-state index contributed by atoms with van der Waals surface area (Å²) in [6, 6.07) is 0. The summed E-state index contributed by atoms with van der Waals surface area (Å²) in [6.45, 7) is 12.9. The minimum absolute atomic E-state index is 0.0317. The maximum Gasteiger partial charge on any atom is 0.615 e. The topological polar surface area (TPSA) is 55.4 Å². The van der Waals surface area contributed by atoms with E-state index in [1.165, 1.54) is 57.8 Å². The van der Waals surface area contributed by atoms with Crippen molar-refractivity contribution in [3.8, 4) is 0 Å². The highest BCUT2D eigenvalue weighted by Crippen LogP contribution is 2.19. The van der Waals surface area contributed by atoms with Crippen molar-refractivity contribution in [2.75, 3.05) is 0 Å². The molecule has 192 valence electrons. The summed E-state index contributed by atoms with van der Waals surface area (Å²) < 4.78 is 35.6. The first-order valence-corrected chi connectivity index (χ1v) is 13.9. The Labute approximate surface area is 206 Å². The Balaban J connectivity index is 2.54. The summed E-state index contributed by atoms with van der Waals surface area (Å²) in [6.07, 6.45) is 17.6. The van der Waals surface area contributed by atoms with E-state index in [0.717, 1.165) is 38.5 Å². The van der Waals surface area contributed by atoms with E-state index in [1.54, 1.807) is 0 Å². The lowest BCUT2D eigenvalue weighted by molar-refractivity contribution is 0.0245. The molecule has 0 bridgehead atoms. The van der Waals surface area contributed by atoms with E-state index in [1.807, 2.05) is 0 Å². The average Bonchev–Trinajstić information content (AvgIpc) is 2.77. The molecule has 33 heavy (non-hydrogen) atoms. The van der Waals surface area contributed by atoms with Crippen molar-refractivity contribution >= 4 is 22.0 Å². The van der Waals surface area contributed by atoms with Gasteiger partial charge < -0.3 is 27.7 Å². The lowest BCUT2D eigenvalue weighted by atomic mass is 9.95. The molecule has 1 aliphatic heterocycles. The first-order chi connectivity index (χ1) is 16.0. The Morgan fingerprint density at radius 1 is 0.455 bits per heavy atom. The van der Waals surface area contributed by atoms with Crippen molar-refractivity contribution in [1.82, 2.24) is 0 Å². The van der Waals surface area contributed by atoms with Crippen LogP contribution in [0.1, 0.15) is 138 Å². The molecule has 0 aromatic heterocycles. The molecule has 0 saturated carbocycles. The van der Waals surface area contributed by atoms with Crippen LogP contribution in [0.25, 0.3) is 0 Å². The third kappa shape index (κ3) is 16.3. The number of rotatable bonds is 21. The van der Waals surface area contributed by atoms with Gasteiger partial charge in [-0.25, -0.2) is 0 Å². The maximum atomic E-state index is 6.04. The van der Waals surface area contributed by atoms with E-state index in [-0.39, 0.29) is 18.3 Å². The van der Waals surface area contributed by atoms with Gasteiger partial charge in [-0.05, 0) is 40.0 Å². The smallest absolute Gasteiger partial charge is 0.400 e.